The van der Waals surface area contributed by atoms with Crippen LogP contribution < -0.4 is 15.5 Å². The second kappa shape index (κ2) is 8.57. The Morgan fingerprint density at radius 1 is 1.38 bits per heavy atom. The number of nitrogens with zero attached hydrogens (tertiary/aromatic N) is 1. The van der Waals surface area contributed by atoms with Crippen LogP contribution in [0.3, 0.4) is 0 Å². The van der Waals surface area contributed by atoms with E-state index >= 15 is 0 Å². The van der Waals surface area contributed by atoms with Crippen molar-refractivity contribution in [3.8, 4) is 11.5 Å². The molecule has 0 bridgehead atoms. The van der Waals surface area contributed by atoms with E-state index in [1.807, 2.05) is 6.92 Å². The van der Waals surface area contributed by atoms with Gasteiger partial charge in [-0.05, 0) is 18.6 Å². The Bertz CT molecular complexity index is 529. The maximum absolute atomic E-state index is 11.4. The molecule has 1 aromatic carbocycles. The standard InChI is InChI=1S/C14H19N3O4/c1-3-4-8-15-13(19)14(20)17-16-9-10-6-5-7-11(21-2)12(10)18/h5-7,9,18H,3-4,8H2,1-2H3,(H,15,19)(H,17,20)/b16-9+. The summed E-state index contributed by atoms with van der Waals surface area (Å²) in [7, 11) is 1.43. The highest BCUT2D eigenvalue weighted by atomic mass is 16.5. The quantitative estimate of drug-likeness (QED) is 0.312. The number of carbonyl (C=O) groups is 2. The molecule has 0 radical (unpaired) electrons. The van der Waals surface area contributed by atoms with Gasteiger partial charge < -0.3 is 15.2 Å². The SMILES string of the molecule is CCCCNC(=O)C(=O)N/N=C/c1cccc(OC)c1O. The van der Waals surface area contributed by atoms with Crippen molar-refractivity contribution in [2.75, 3.05) is 13.7 Å². The molecule has 0 aliphatic rings. The number of hydrazone groups is 1. The van der Waals surface area contributed by atoms with E-state index in [0.29, 0.717) is 17.9 Å². The molecule has 0 saturated heterocycles. The van der Waals surface area contributed by atoms with Gasteiger partial charge in [-0.2, -0.15) is 5.10 Å². The van der Waals surface area contributed by atoms with Crippen LogP contribution in [0.5, 0.6) is 11.5 Å². The van der Waals surface area contributed by atoms with Crippen molar-refractivity contribution in [3.05, 3.63) is 23.8 Å². The molecule has 0 saturated carbocycles. The summed E-state index contributed by atoms with van der Waals surface area (Å²) in [6.07, 6.45) is 2.96. The lowest BCUT2D eigenvalue weighted by atomic mass is 10.2. The monoisotopic (exact) mass is 293 g/mol. The normalized spacial score (nSPS) is 10.4. The minimum Gasteiger partial charge on any atom is -0.504 e. The maximum Gasteiger partial charge on any atom is 0.329 e. The topological polar surface area (TPSA) is 100 Å². The van der Waals surface area contributed by atoms with Gasteiger partial charge in [0.2, 0.25) is 0 Å². The molecule has 0 aromatic heterocycles. The van der Waals surface area contributed by atoms with Gasteiger partial charge in [0, 0.05) is 12.1 Å². The van der Waals surface area contributed by atoms with E-state index in [2.05, 4.69) is 15.8 Å². The number of hydrogen-bond acceptors (Lipinski definition) is 5. The van der Waals surface area contributed by atoms with Crippen molar-refractivity contribution in [2.45, 2.75) is 19.8 Å². The molecule has 0 atom stereocenters. The van der Waals surface area contributed by atoms with Gasteiger partial charge in [-0.1, -0.05) is 19.4 Å². The lowest BCUT2D eigenvalue weighted by Crippen LogP contribution is -2.38. The highest BCUT2D eigenvalue weighted by Crippen LogP contribution is 2.27. The summed E-state index contributed by atoms with van der Waals surface area (Å²) in [5, 5.41) is 15.9. The Hall–Kier alpha value is -2.57. The molecule has 1 aromatic rings. The van der Waals surface area contributed by atoms with Crippen molar-refractivity contribution in [3.63, 3.8) is 0 Å². The number of ether oxygens (including phenoxy) is 1. The zero-order chi connectivity index (χ0) is 15.7. The Morgan fingerprint density at radius 2 is 2.14 bits per heavy atom. The van der Waals surface area contributed by atoms with Gasteiger partial charge in [-0.3, -0.25) is 9.59 Å². The average Bonchev–Trinajstić information content (AvgIpc) is 2.49. The van der Waals surface area contributed by atoms with E-state index < -0.39 is 11.8 Å². The number of carbonyl (C=O) groups excluding carboxylic acids is 2. The molecule has 3 N–H and O–H groups in total. The number of methoxy groups -OCH3 is 1. The summed E-state index contributed by atoms with van der Waals surface area (Å²) in [5.74, 6) is -1.40. The van der Waals surface area contributed by atoms with Crippen LogP contribution in [-0.2, 0) is 9.59 Å². The Balaban J connectivity index is 2.54. The number of benzene rings is 1. The number of phenolic OH excluding ortho intramolecular Hbond substituents is 1. The molecular weight excluding hydrogens is 274 g/mol. The fourth-order valence-corrected chi connectivity index (χ4v) is 1.48. The molecule has 1 rings (SSSR count). The van der Waals surface area contributed by atoms with Crippen LogP contribution >= 0.6 is 0 Å². The molecule has 0 aliphatic carbocycles. The fraction of sp³-hybridized carbons (Fsp3) is 0.357. The molecule has 0 aliphatic heterocycles. The van der Waals surface area contributed by atoms with Gasteiger partial charge in [0.1, 0.15) is 0 Å². The first-order valence-electron chi connectivity index (χ1n) is 6.57. The zero-order valence-electron chi connectivity index (χ0n) is 12.0. The van der Waals surface area contributed by atoms with E-state index in [1.54, 1.807) is 18.2 Å². The van der Waals surface area contributed by atoms with Gasteiger partial charge in [0.05, 0.1) is 13.3 Å². The lowest BCUT2D eigenvalue weighted by Gasteiger charge is -2.05. The second-order valence-corrected chi connectivity index (χ2v) is 4.21. The van der Waals surface area contributed by atoms with E-state index in [0.717, 1.165) is 12.8 Å². The summed E-state index contributed by atoms with van der Waals surface area (Å²) in [6, 6.07) is 4.85. The molecule has 0 heterocycles. The highest BCUT2D eigenvalue weighted by molar-refractivity contribution is 6.35. The van der Waals surface area contributed by atoms with E-state index in [-0.39, 0.29) is 5.75 Å². The summed E-state index contributed by atoms with van der Waals surface area (Å²) in [5.41, 5.74) is 2.45. The zero-order valence-corrected chi connectivity index (χ0v) is 12.0. The third-order valence-electron chi connectivity index (χ3n) is 2.64. The van der Waals surface area contributed by atoms with Crippen molar-refractivity contribution in [1.29, 1.82) is 0 Å². The van der Waals surface area contributed by atoms with Crippen LogP contribution in [0.4, 0.5) is 0 Å². The highest BCUT2D eigenvalue weighted by Gasteiger charge is 2.11. The van der Waals surface area contributed by atoms with Gasteiger partial charge >= 0.3 is 11.8 Å². The van der Waals surface area contributed by atoms with Crippen molar-refractivity contribution in [1.82, 2.24) is 10.7 Å². The number of aromatic hydroxyl groups is 1. The number of amides is 2. The van der Waals surface area contributed by atoms with E-state index in [9.17, 15) is 14.7 Å². The van der Waals surface area contributed by atoms with Crippen LogP contribution in [0, 0.1) is 0 Å². The van der Waals surface area contributed by atoms with E-state index in [1.165, 1.54) is 13.3 Å². The minimum absolute atomic E-state index is 0.0922. The molecule has 114 valence electrons. The summed E-state index contributed by atoms with van der Waals surface area (Å²) >= 11 is 0. The Kier molecular flexibility index (Phi) is 6.73. The van der Waals surface area contributed by atoms with Gasteiger partial charge in [-0.25, -0.2) is 5.43 Å². The fourth-order valence-electron chi connectivity index (χ4n) is 1.48. The summed E-state index contributed by atoms with van der Waals surface area (Å²) in [4.78, 5) is 22.8. The van der Waals surface area contributed by atoms with Crippen LogP contribution in [0.15, 0.2) is 23.3 Å². The number of hydrogen-bond donors (Lipinski definition) is 3. The summed E-state index contributed by atoms with van der Waals surface area (Å²) in [6.45, 7) is 2.43. The molecule has 0 unspecified atom stereocenters. The van der Waals surface area contributed by atoms with Crippen molar-refractivity contribution < 1.29 is 19.4 Å². The third kappa shape index (κ3) is 5.13. The number of unbranched alkanes of at least 4 members (excludes halogenated alkanes) is 1. The Labute approximate surface area is 123 Å². The summed E-state index contributed by atoms with van der Waals surface area (Å²) < 4.78 is 4.94. The average molecular weight is 293 g/mol. The first kappa shape index (κ1) is 16.5. The molecule has 2 amide bonds. The van der Waals surface area contributed by atoms with Crippen LogP contribution in [0.25, 0.3) is 0 Å². The van der Waals surface area contributed by atoms with Gasteiger partial charge in [0.15, 0.2) is 11.5 Å². The predicted molar refractivity (Wildman–Crippen MR) is 78.3 cm³/mol. The first-order valence-corrected chi connectivity index (χ1v) is 6.57. The van der Waals surface area contributed by atoms with Crippen molar-refractivity contribution in [2.24, 2.45) is 5.10 Å². The number of nitrogens with one attached hydrogen (secondary N) is 2. The molecule has 0 spiro atoms. The largest absolute Gasteiger partial charge is 0.504 e. The molecule has 7 nitrogen and oxygen atoms in total. The minimum atomic E-state index is -0.857. The van der Waals surface area contributed by atoms with Crippen LogP contribution in [0.2, 0.25) is 0 Å². The number of para-hydroxylation sites is 1. The van der Waals surface area contributed by atoms with Gasteiger partial charge in [0.25, 0.3) is 0 Å². The van der Waals surface area contributed by atoms with Gasteiger partial charge in [-0.15, -0.1) is 0 Å². The number of phenols is 1. The lowest BCUT2D eigenvalue weighted by molar-refractivity contribution is -0.139. The molecule has 0 fully saturated rings. The predicted octanol–water partition coefficient (Wildman–Crippen LogP) is 0.767. The van der Waals surface area contributed by atoms with E-state index in [4.69, 9.17) is 4.74 Å². The van der Waals surface area contributed by atoms with Crippen LogP contribution in [-0.4, -0.2) is 36.8 Å². The third-order valence-corrected chi connectivity index (χ3v) is 2.64. The van der Waals surface area contributed by atoms with Crippen LogP contribution in [0.1, 0.15) is 25.3 Å². The molecule has 7 heteroatoms. The smallest absolute Gasteiger partial charge is 0.329 e. The Morgan fingerprint density at radius 3 is 2.81 bits per heavy atom. The second-order valence-electron chi connectivity index (χ2n) is 4.21. The van der Waals surface area contributed by atoms with Crippen molar-refractivity contribution >= 4 is 18.0 Å². The number of rotatable bonds is 6. The molecule has 21 heavy (non-hydrogen) atoms. The maximum atomic E-state index is 11.4. The first-order chi connectivity index (χ1) is 10.1. The molecular formula is C14H19N3O4.